The Labute approximate surface area is 116 Å². The number of methoxy groups -OCH3 is 1. The van der Waals surface area contributed by atoms with Gasteiger partial charge >= 0.3 is 5.97 Å². The van der Waals surface area contributed by atoms with E-state index in [0.717, 1.165) is 37.8 Å². The summed E-state index contributed by atoms with van der Waals surface area (Å²) in [5.41, 5.74) is 0.0347. The summed E-state index contributed by atoms with van der Waals surface area (Å²) in [7, 11) is 1.21. The second-order valence-electron chi connectivity index (χ2n) is 4.75. The maximum atomic E-state index is 13.2. The van der Waals surface area contributed by atoms with Crippen LogP contribution in [0.15, 0.2) is 18.2 Å². The Bertz CT molecular complexity index is 471. The van der Waals surface area contributed by atoms with Gasteiger partial charge in [0.05, 0.1) is 7.11 Å². The summed E-state index contributed by atoms with van der Waals surface area (Å²) < 4.78 is 17.8. The van der Waals surface area contributed by atoms with E-state index >= 15 is 0 Å². The number of hydrogen-bond acceptors (Lipinski definition) is 5. The van der Waals surface area contributed by atoms with Crippen molar-refractivity contribution in [1.82, 2.24) is 0 Å². The topological polar surface area (TPSA) is 65.0 Å². The molecule has 110 valence electrons. The van der Waals surface area contributed by atoms with E-state index in [1.54, 1.807) is 0 Å². The minimum atomic E-state index is -1.09. The third-order valence-corrected chi connectivity index (χ3v) is 3.39. The maximum absolute atomic E-state index is 13.2. The summed E-state index contributed by atoms with van der Waals surface area (Å²) in [6, 6.07) is 3.36. The van der Waals surface area contributed by atoms with E-state index < -0.39 is 18.1 Å². The average Bonchev–Trinajstić information content (AvgIpc) is 2.98. The number of benzene rings is 1. The van der Waals surface area contributed by atoms with E-state index in [9.17, 15) is 14.3 Å². The molecular formula is C14H17FO5. The van der Waals surface area contributed by atoms with Crippen LogP contribution in [-0.4, -0.2) is 24.5 Å². The van der Waals surface area contributed by atoms with Gasteiger partial charge in [-0.25, -0.2) is 9.18 Å². The molecule has 0 radical (unpaired) electrons. The van der Waals surface area contributed by atoms with Crippen molar-refractivity contribution in [3.63, 3.8) is 0 Å². The number of rotatable bonds is 5. The summed E-state index contributed by atoms with van der Waals surface area (Å²) in [5.74, 6) is -1.36. The van der Waals surface area contributed by atoms with Gasteiger partial charge in [-0.05, 0) is 25.0 Å². The number of esters is 1. The third-order valence-electron chi connectivity index (χ3n) is 3.39. The van der Waals surface area contributed by atoms with E-state index in [0.29, 0.717) is 0 Å². The Hall–Kier alpha value is -1.66. The molecule has 1 N–H and O–H groups in total. The molecule has 6 heteroatoms. The number of halogens is 1. The fourth-order valence-corrected chi connectivity index (χ4v) is 2.27. The van der Waals surface area contributed by atoms with Crippen molar-refractivity contribution in [2.45, 2.75) is 32.0 Å². The van der Waals surface area contributed by atoms with Crippen LogP contribution in [0.25, 0.3) is 0 Å². The van der Waals surface area contributed by atoms with Gasteiger partial charge in [-0.1, -0.05) is 12.8 Å². The summed E-state index contributed by atoms with van der Waals surface area (Å²) in [6.07, 6.45) is 2.71. The van der Waals surface area contributed by atoms with Crippen LogP contribution in [0.3, 0.4) is 0 Å². The van der Waals surface area contributed by atoms with Gasteiger partial charge < -0.3 is 14.7 Å². The number of carbonyl (C=O) groups excluding carboxylic acids is 1. The molecule has 1 aliphatic rings. The molecule has 0 aliphatic heterocycles. The molecule has 1 aliphatic carbocycles. The highest BCUT2D eigenvalue weighted by molar-refractivity contribution is 5.92. The van der Waals surface area contributed by atoms with Gasteiger partial charge in [-0.15, -0.1) is 0 Å². The second-order valence-corrected chi connectivity index (χ2v) is 4.75. The highest BCUT2D eigenvalue weighted by atomic mass is 19.1. The first kappa shape index (κ1) is 14.7. The molecule has 0 spiro atoms. The lowest BCUT2D eigenvalue weighted by molar-refractivity contribution is -0.320. The van der Waals surface area contributed by atoms with Crippen molar-refractivity contribution in [3.8, 4) is 5.75 Å². The van der Waals surface area contributed by atoms with Crippen LogP contribution in [0.1, 0.15) is 36.0 Å². The first-order valence-electron chi connectivity index (χ1n) is 6.51. The van der Waals surface area contributed by atoms with Crippen molar-refractivity contribution in [2.75, 3.05) is 7.11 Å². The molecule has 0 amide bonds. The Morgan fingerprint density at radius 1 is 1.40 bits per heavy atom. The summed E-state index contributed by atoms with van der Waals surface area (Å²) in [6.45, 7) is 0. The van der Waals surface area contributed by atoms with E-state index in [2.05, 4.69) is 4.74 Å². The van der Waals surface area contributed by atoms with Crippen LogP contribution in [0.4, 0.5) is 4.39 Å². The molecule has 5 nitrogen and oxygen atoms in total. The minimum absolute atomic E-state index is 0.00476. The number of carbonyl (C=O) groups is 1. The first-order chi connectivity index (χ1) is 9.61. The lowest BCUT2D eigenvalue weighted by Gasteiger charge is -2.17. The molecule has 2 rings (SSSR count). The average molecular weight is 284 g/mol. The fourth-order valence-electron chi connectivity index (χ4n) is 2.27. The number of aliphatic hydroxyl groups is 1. The molecular weight excluding hydrogens is 267 g/mol. The fraction of sp³-hybridized carbons (Fsp3) is 0.500. The molecule has 1 aromatic rings. The van der Waals surface area contributed by atoms with Gasteiger partial charge in [0.15, 0.2) is 5.75 Å². The maximum Gasteiger partial charge on any atom is 0.341 e. The molecule has 1 aromatic carbocycles. The Kier molecular flexibility index (Phi) is 4.92. The molecule has 1 atom stereocenters. The van der Waals surface area contributed by atoms with Gasteiger partial charge in [0.2, 0.25) is 6.29 Å². The van der Waals surface area contributed by atoms with E-state index in [1.165, 1.54) is 13.2 Å². The predicted octanol–water partition coefficient (Wildman–Crippen LogP) is 2.43. The Morgan fingerprint density at radius 2 is 2.10 bits per heavy atom. The lowest BCUT2D eigenvalue weighted by Crippen LogP contribution is -2.23. The van der Waals surface area contributed by atoms with Crippen molar-refractivity contribution in [2.24, 2.45) is 5.92 Å². The van der Waals surface area contributed by atoms with Crippen LogP contribution in [0, 0.1) is 11.7 Å². The van der Waals surface area contributed by atoms with Gasteiger partial charge in [0.1, 0.15) is 11.4 Å². The van der Waals surface area contributed by atoms with E-state index in [-0.39, 0.29) is 17.2 Å². The quantitative estimate of drug-likeness (QED) is 0.389. The van der Waals surface area contributed by atoms with Gasteiger partial charge in [0, 0.05) is 12.0 Å². The minimum Gasteiger partial charge on any atom is -0.465 e. The summed E-state index contributed by atoms with van der Waals surface area (Å²) in [4.78, 5) is 21.3. The van der Waals surface area contributed by atoms with Crippen molar-refractivity contribution < 1.29 is 28.8 Å². The highest BCUT2D eigenvalue weighted by Gasteiger charge is 2.26. The SMILES string of the molecule is COC(=O)c1ccc(F)cc1OO[C@H](O)C1CCCC1. The first-order valence-corrected chi connectivity index (χ1v) is 6.51. The zero-order valence-electron chi connectivity index (χ0n) is 11.2. The number of hydrogen-bond donors (Lipinski definition) is 1. The summed E-state index contributed by atoms with van der Waals surface area (Å²) >= 11 is 0. The largest absolute Gasteiger partial charge is 0.465 e. The van der Waals surface area contributed by atoms with Crippen molar-refractivity contribution in [1.29, 1.82) is 0 Å². The van der Waals surface area contributed by atoms with Gasteiger partial charge in [0.25, 0.3) is 0 Å². The van der Waals surface area contributed by atoms with Gasteiger partial charge in [-0.3, -0.25) is 0 Å². The monoisotopic (exact) mass is 284 g/mol. The van der Waals surface area contributed by atoms with Crippen LogP contribution >= 0.6 is 0 Å². The Balaban J connectivity index is 2.03. The molecule has 0 aromatic heterocycles. The summed E-state index contributed by atoms with van der Waals surface area (Å²) in [5, 5.41) is 9.81. The lowest BCUT2D eigenvalue weighted by atomic mass is 10.1. The molecule has 1 fully saturated rings. The molecule has 0 bridgehead atoms. The Morgan fingerprint density at radius 3 is 2.75 bits per heavy atom. The predicted molar refractivity (Wildman–Crippen MR) is 67.4 cm³/mol. The van der Waals surface area contributed by atoms with Crippen molar-refractivity contribution in [3.05, 3.63) is 29.6 Å². The standard InChI is InChI=1S/C14H17FO5/c1-18-14(17)11-7-6-10(15)8-12(11)19-20-13(16)9-4-2-3-5-9/h6-9,13,16H,2-5H2,1H3/t13-/m0/s1. The zero-order chi connectivity index (χ0) is 14.5. The smallest absolute Gasteiger partial charge is 0.341 e. The van der Waals surface area contributed by atoms with Crippen LogP contribution in [0.5, 0.6) is 5.75 Å². The van der Waals surface area contributed by atoms with Crippen LogP contribution in [-0.2, 0) is 9.62 Å². The normalized spacial score (nSPS) is 16.9. The third kappa shape index (κ3) is 3.46. The number of aliphatic hydroxyl groups excluding tert-OH is 1. The zero-order valence-corrected chi connectivity index (χ0v) is 11.2. The molecule has 0 heterocycles. The van der Waals surface area contributed by atoms with Gasteiger partial charge in [-0.2, -0.15) is 4.89 Å². The second kappa shape index (κ2) is 6.67. The van der Waals surface area contributed by atoms with Crippen molar-refractivity contribution >= 4 is 5.97 Å². The molecule has 0 unspecified atom stereocenters. The molecule has 20 heavy (non-hydrogen) atoms. The van der Waals surface area contributed by atoms with Crippen LogP contribution in [0.2, 0.25) is 0 Å². The number of ether oxygens (including phenoxy) is 1. The van der Waals surface area contributed by atoms with E-state index in [4.69, 9.17) is 9.78 Å². The highest BCUT2D eigenvalue weighted by Crippen LogP contribution is 2.29. The molecule has 1 saturated carbocycles. The van der Waals surface area contributed by atoms with Crippen LogP contribution < -0.4 is 4.89 Å². The van der Waals surface area contributed by atoms with E-state index in [1.807, 2.05) is 0 Å². The molecule has 0 saturated heterocycles.